The van der Waals surface area contributed by atoms with Crippen LogP contribution in [0.1, 0.15) is 16.1 Å². The topological polar surface area (TPSA) is 68.0 Å². The van der Waals surface area contributed by atoms with E-state index in [2.05, 4.69) is 10.3 Å². The van der Waals surface area contributed by atoms with E-state index in [1.807, 2.05) is 47.2 Å². The Hall–Kier alpha value is -2.47. The van der Waals surface area contributed by atoms with Gasteiger partial charge in [-0.05, 0) is 22.4 Å². The fraction of sp³-hybridized carbons (Fsp3) is 0.0714. The van der Waals surface area contributed by atoms with Gasteiger partial charge in [-0.15, -0.1) is 5.10 Å². The van der Waals surface area contributed by atoms with Crippen molar-refractivity contribution in [1.82, 2.24) is 15.0 Å². The summed E-state index contributed by atoms with van der Waals surface area (Å²) < 4.78 is 1.63. The third kappa shape index (κ3) is 2.33. The first-order valence-corrected chi connectivity index (χ1v) is 6.93. The second-order valence-corrected chi connectivity index (χ2v) is 5.03. The maximum atomic E-state index is 11.3. The number of hydrogen-bond acceptors (Lipinski definition) is 4. The summed E-state index contributed by atoms with van der Waals surface area (Å²) in [5.74, 6) is -1.07. The highest BCUT2D eigenvalue weighted by Gasteiger charge is 2.20. The number of nitrogens with zero attached hydrogens (tertiary/aromatic N) is 3. The SMILES string of the molecule is O=C(O)c1nnn(Cc2ccsc2)c1-c1ccccc1. The van der Waals surface area contributed by atoms with Gasteiger partial charge >= 0.3 is 5.97 Å². The van der Waals surface area contributed by atoms with Crippen molar-refractivity contribution in [3.8, 4) is 11.3 Å². The highest BCUT2D eigenvalue weighted by molar-refractivity contribution is 7.07. The van der Waals surface area contributed by atoms with Crippen molar-refractivity contribution >= 4 is 17.3 Å². The molecule has 6 heteroatoms. The summed E-state index contributed by atoms with van der Waals surface area (Å²) in [6, 6.07) is 11.3. The molecule has 0 amide bonds. The average molecular weight is 285 g/mol. The third-order valence-electron chi connectivity index (χ3n) is 2.90. The summed E-state index contributed by atoms with van der Waals surface area (Å²) >= 11 is 1.60. The molecule has 0 atom stereocenters. The second-order valence-electron chi connectivity index (χ2n) is 4.25. The Bertz CT molecular complexity index is 720. The van der Waals surface area contributed by atoms with Gasteiger partial charge in [0.05, 0.1) is 6.54 Å². The summed E-state index contributed by atoms with van der Waals surface area (Å²) in [6.45, 7) is 0.508. The number of hydrogen-bond donors (Lipinski definition) is 1. The Kier molecular flexibility index (Phi) is 3.30. The van der Waals surface area contributed by atoms with Crippen LogP contribution in [0.3, 0.4) is 0 Å². The smallest absolute Gasteiger partial charge is 0.358 e. The number of aromatic carboxylic acids is 1. The van der Waals surface area contributed by atoms with Crippen LogP contribution in [0, 0.1) is 0 Å². The highest BCUT2D eigenvalue weighted by Crippen LogP contribution is 2.23. The summed E-state index contributed by atoms with van der Waals surface area (Å²) in [5, 5.41) is 21.0. The van der Waals surface area contributed by atoms with E-state index in [0.717, 1.165) is 11.1 Å². The zero-order valence-corrected chi connectivity index (χ0v) is 11.2. The molecule has 100 valence electrons. The molecule has 0 aliphatic heterocycles. The number of aromatic nitrogens is 3. The molecule has 0 aliphatic carbocycles. The molecule has 0 fully saturated rings. The van der Waals surface area contributed by atoms with Crippen LogP contribution in [0.25, 0.3) is 11.3 Å². The van der Waals surface area contributed by atoms with Crippen molar-refractivity contribution in [3.05, 3.63) is 58.4 Å². The Balaban J connectivity index is 2.09. The lowest BCUT2D eigenvalue weighted by atomic mass is 10.1. The predicted octanol–water partition coefficient (Wildman–Crippen LogP) is 2.75. The zero-order chi connectivity index (χ0) is 13.9. The van der Waals surface area contributed by atoms with Gasteiger partial charge in [-0.2, -0.15) is 11.3 Å². The Morgan fingerprint density at radius 2 is 2.05 bits per heavy atom. The second kappa shape index (κ2) is 5.26. The summed E-state index contributed by atoms with van der Waals surface area (Å²) in [4.78, 5) is 11.3. The molecule has 0 radical (unpaired) electrons. The van der Waals surface area contributed by atoms with Gasteiger partial charge in [0.25, 0.3) is 0 Å². The predicted molar refractivity (Wildman–Crippen MR) is 75.8 cm³/mol. The van der Waals surface area contributed by atoms with Crippen LogP contribution in [-0.4, -0.2) is 26.1 Å². The van der Waals surface area contributed by atoms with Gasteiger partial charge in [0.15, 0.2) is 5.69 Å². The normalized spacial score (nSPS) is 10.6. The van der Waals surface area contributed by atoms with Gasteiger partial charge in [-0.3, -0.25) is 0 Å². The molecule has 20 heavy (non-hydrogen) atoms. The van der Waals surface area contributed by atoms with Gasteiger partial charge in [0.1, 0.15) is 5.69 Å². The molecule has 0 saturated heterocycles. The van der Waals surface area contributed by atoms with Crippen molar-refractivity contribution in [2.75, 3.05) is 0 Å². The van der Waals surface area contributed by atoms with Crippen LogP contribution in [0.15, 0.2) is 47.2 Å². The third-order valence-corrected chi connectivity index (χ3v) is 3.63. The van der Waals surface area contributed by atoms with Crippen LogP contribution in [0.5, 0.6) is 0 Å². The van der Waals surface area contributed by atoms with Crippen molar-refractivity contribution in [2.45, 2.75) is 6.54 Å². The number of rotatable bonds is 4. The van der Waals surface area contributed by atoms with E-state index in [1.165, 1.54) is 0 Å². The Morgan fingerprint density at radius 3 is 2.70 bits per heavy atom. The molecular formula is C14H11N3O2S. The molecular weight excluding hydrogens is 274 g/mol. The molecule has 1 N–H and O–H groups in total. The van der Waals surface area contributed by atoms with E-state index >= 15 is 0 Å². The lowest BCUT2D eigenvalue weighted by molar-refractivity contribution is 0.0691. The quantitative estimate of drug-likeness (QED) is 0.800. The fourth-order valence-corrected chi connectivity index (χ4v) is 2.66. The molecule has 0 aliphatic rings. The number of benzene rings is 1. The van der Waals surface area contributed by atoms with Crippen molar-refractivity contribution in [3.63, 3.8) is 0 Å². The van der Waals surface area contributed by atoms with Crippen LogP contribution < -0.4 is 0 Å². The van der Waals surface area contributed by atoms with Crippen LogP contribution >= 0.6 is 11.3 Å². The van der Waals surface area contributed by atoms with E-state index in [-0.39, 0.29) is 5.69 Å². The molecule has 1 aromatic carbocycles. The maximum Gasteiger partial charge on any atom is 0.358 e. The molecule has 5 nitrogen and oxygen atoms in total. The minimum absolute atomic E-state index is 0.0218. The Labute approximate surface area is 119 Å². The van der Waals surface area contributed by atoms with Crippen molar-refractivity contribution in [1.29, 1.82) is 0 Å². The minimum Gasteiger partial charge on any atom is -0.476 e. The monoisotopic (exact) mass is 285 g/mol. The van der Waals surface area contributed by atoms with Gasteiger partial charge < -0.3 is 5.11 Å². The lowest BCUT2D eigenvalue weighted by Gasteiger charge is -2.06. The molecule has 0 spiro atoms. The van der Waals surface area contributed by atoms with Crippen molar-refractivity contribution < 1.29 is 9.90 Å². The number of thiophene rings is 1. The molecule has 2 heterocycles. The molecule has 0 bridgehead atoms. The average Bonchev–Trinajstić information content (AvgIpc) is 3.09. The number of carbonyl (C=O) groups is 1. The van der Waals surface area contributed by atoms with Gasteiger partial charge in [0, 0.05) is 5.56 Å². The standard InChI is InChI=1S/C14H11N3O2S/c18-14(19)12-13(11-4-2-1-3-5-11)17(16-15-12)8-10-6-7-20-9-10/h1-7,9H,8H2,(H,18,19). The number of carboxylic acid groups (broad SMARTS) is 1. The minimum atomic E-state index is -1.07. The highest BCUT2D eigenvalue weighted by atomic mass is 32.1. The summed E-state index contributed by atoms with van der Waals surface area (Å²) in [7, 11) is 0. The zero-order valence-electron chi connectivity index (χ0n) is 10.4. The summed E-state index contributed by atoms with van der Waals surface area (Å²) in [6.07, 6.45) is 0. The lowest BCUT2D eigenvalue weighted by Crippen LogP contribution is -2.05. The number of carboxylic acids is 1. The van der Waals surface area contributed by atoms with Crippen LogP contribution in [0.2, 0.25) is 0 Å². The largest absolute Gasteiger partial charge is 0.476 e. The van der Waals surface area contributed by atoms with Crippen LogP contribution in [-0.2, 0) is 6.54 Å². The summed E-state index contributed by atoms with van der Waals surface area (Å²) in [5.41, 5.74) is 2.38. The van der Waals surface area contributed by atoms with Gasteiger partial charge in [-0.1, -0.05) is 35.5 Å². The van der Waals surface area contributed by atoms with E-state index < -0.39 is 5.97 Å². The van der Waals surface area contributed by atoms with E-state index in [1.54, 1.807) is 16.0 Å². The van der Waals surface area contributed by atoms with E-state index in [4.69, 9.17) is 0 Å². The first-order valence-electron chi connectivity index (χ1n) is 5.99. The maximum absolute atomic E-state index is 11.3. The first kappa shape index (κ1) is 12.6. The van der Waals surface area contributed by atoms with E-state index in [9.17, 15) is 9.90 Å². The van der Waals surface area contributed by atoms with E-state index in [0.29, 0.717) is 12.2 Å². The van der Waals surface area contributed by atoms with Gasteiger partial charge in [-0.25, -0.2) is 9.48 Å². The van der Waals surface area contributed by atoms with Crippen molar-refractivity contribution in [2.24, 2.45) is 0 Å². The van der Waals surface area contributed by atoms with Crippen LogP contribution in [0.4, 0.5) is 0 Å². The molecule has 2 aromatic heterocycles. The Morgan fingerprint density at radius 1 is 1.25 bits per heavy atom. The molecule has 0 saturated carbocycles. The van der Waals surface area contributed by atoms with Gasteiger partial charge in [0.2, 0.25) is 0 Å². The molecule has 3 aromatic rings. The fourth-order valence-electron chi connectivity index (χ4n) is 2.01. The molecule has 3 rings (SSSR count). The first-order chi connectivity index (χ1) is 9.75. The molecule has 0 unspecified atom stereocenters.